The SMILES string of the molecule is CCN(c1ccc(C(=O)NCCSc2ccccc2)cc1)S(=O)(=O)CC. The molecular weight excluding hydrogens is 368 g/mol. The lowest BCUT2D eigenvalue weighted by atomic mass is 10.2. The van der Waals surface area contributed by atoms with E-state index in [1.54, 1.807) is 49.9 Å². The van der Waals surface area contributed by atoms with Crippen molar-refractivity contribution in [3.8, 4) is 0 Å². The van der Waals surface area contributed by atoms with Crippen LogP contribution < -0.4 is 9.62 Å². The Bertz CT molecular complexity index is 806. The summed E-state index contributed by atoms with van der Waals surface area (Å²) in [6.45, 7) is 4.33. The zero-order valence-corrected chi connectivity index (χ0v) is 16.6. The molecule has 0 spiro atoms. The Hall–Kier alpha value is -1.99. The molecule has 0 aliphatic rings. The van der Waals surface area contributed by atoms with Crippen molar-refractivity contribution in [2.45, 2.75) is 18.7 Å². The van der Waals surface area contributed by atoms with Gasteiger partial charge < -0.3 is 5.32 Å². The number of benzene rings is 2. The van der Waals surface area contributed by atoms with Crippen molar-refractivity contribution < 1.29 is 13.2 Å². The second-order valence-electron chi connectivity index (χ2n) is 5.53. The van der Waals surface area contributed by atoms with Gasteiger partial charge in [0.25, 0.3) is 5.91 Å². The number of anilines is 1. The molecular formula is C19H24N2O3S2. The molecule has 0 saturated heterocycles. The summed E-state index contributed by atoms with van der Waals surface area (Å²) in [4.78, 5) is 13.4. The molecule has 2 aromatic rings. The normalized spacial score (nSPS) is 11.2. The smallest absolute Gasteiger partial charge is 0.251 e. The van der Waals surface area contributed by atoms with Gasteiger partial charge in [-0.1, -0.05) is 18.2 Å². The Morgan fingerprint density at radius 2 is 1.69 bits per heavy atom. The number of hydrogen-bond acceptors (Lipinski definition) is 4. The fourth-order valence-corrected chi connectivity index (χ4v) is 4.36. The number of nitrogens with one attached hydrogen (secondary N) is 1. The first kappa shape index (κ1) is 20.3. The summed E-state index contributed by atoms with van der Waals surface area (Å²) in [5, 5.41) is 2.88. The number of carbonyl (C=O) groups is 1. The second kappa shape index (κ2) is 9.64. The topological polar surface area (TPSA) is 66.5 Å². The summed E-state index contributed by atoms with van der Waals surface area (Å²) in [7, 11) is -3.31. The van der Waals surface area contributed by atoms with E-state index in [2.05, 4.69) is 5.32 Å². The first-order valence-electron chi connectivity index (χ1n) is 8.54. The molecule has 7 heteroatoms. The molecule has 0 saturated carbocycles. The number of thioether (sulfide) groups is 1. The number of amides is 1. The van der Waals surface area contributed by atoms with Crippen LogP contribution in [0.3, 0.4) is 0 Å². The van der Waals surface area contributed by atoms with Gasteiger partial charge in [-0.05, 0) is 50.2 Å². The standard InChI is InChI=1S/C19H24N2O3S2/c1-3-21(26(23,24)4-2)17-12-10-16(11-13-17)19(22)20-14-15-25-18-8-6-5-7-9-18/h5-13H,3-4,14-15H2,1-2H3,(H,20,22). The van der Waals surface area contributed by atoms with Crippen molar-refractivity contribution in [2.75, 3.05) is 28.9 Å². The minimum Gasteiger partial charge on any atom is -0.351 e. The largest absolute Gasteiger partial charge is 0.351 e. The molecule has 140 valence electrons. The zero-order chi connectivity index (χ0) is 19.0. The van der Waals surface area contributed by atoms with Crippen molar-refractivity contribution in [2.24, 2.45) is 0 Å². The Morgan fingerprint density at radius 3 is 2.27 bits per heavy atom. The third-order valence-electron chi connectivity index (χ3n) is 3.80. The van der Waals surface area contributed by atoms with Gasteiger partial charge in [-0.25, -0.2) is 8.42 Å². The maximum atomic E-state index is 12.2. The first-order valence-corrected chi connectivity index (χ1v) is 11.1. The van der Waals surface area contributed by atoms with E-state index in [4.69, 9.17) is 0 Å². The van der Waals surface area contributed by atoms with E-state index in [1.807, 2.05) is 30.3 Å². The molecule has 0 aliphatic carbocycles. The number of nitrogens with zero attached hydrogens (tertiary/aromatic N) is 1. The van der Waals surface area contributed by atoms with Gasteiger partial charge in [-0.15, -0.1) is 11.8 Å². The van der Waals surface area contributed by atoms with E-state index in [1.165, 1.54) is 9.20 Å². The number of carbonyl (C=O) groups excluding carboxylic acids is 1. The van der Waals surface area contributed by atoms with E-state index in [9.17, 15) is 13.2 Å². The summed E-state index contributed by atoms with van der Waals surface area (Å²) in [5.74, 6) is 0.667. The van der Waals surface area contributed by atoms with E-state index in [-0.39, 0.29) is 11.7 Å². The molecule has 0 unspecified atom stereocenters. The van der Waals surface area contributed by atoms with Crippen LogP contribution in [0, 0.1) is 0 Å². The van der Waals surface area contributed by atoms with Gasteiger partial charge >= 0.3 is 0 Å². The van der Waals surface area contributed by atoms with Crippen molar-refractivity contribution in [3.63, 3.8) is 0 Å². The highest BCUT2D eigenvalue weighted by atomic mass is 32.2. The van der Waals surface area contributed by atoms with Crippen LogP contribution in [0.4, 0.5) is 5.69 Å². The van der Waals surface area contributed by atoms with Gasteiger partial charge in [0, 0.05) is 29.3 Å². The summed E-state index contributed by atoms with van der Waals surface area (Å²) in [6, 6.07) is 16.7. The minimum absolute atomic E-state index is 0.0438. The fraction of sp³-hybridized carbons (Fsp3) is 0.316. The van der Waals surface area contributed by atoms with Gasteiger partial charge in [0.2, 0.25) is 10.0 Å². The van der Waals surface area contributed by atoms with E-state index >= 15 is 0 Å². The minimum atomic E-state index is -3.31. The number of hydrogen-bond donors (Lipinski definition) is 1. The maximum absolute atomic E-state index is 12.2. The van der Waals surface area contributed by atoms with Crippen LogP contribution in [0.1, 0.15) is 24.2 Å². The monoisotopic (exact) mass is 392 g/mol. The Balaban J connectivity index is 1.90. The summed E-state index contributed by atoms with van der Waals surface area (Å²) in [5.41, 5.74) is 1.09. The Morgan fingerprint density at radius 1 is 1.04 bits per heavy atom. The average molecular weight is 393 g/mol. The van der Waals surface area contributed by atoms with Crippen LogP contribution >= 0.6 is 11.8 Å². The molecule has 1 amide bonds. The van der Waals surface area contributed by atoms with Crippen molar-refractivity contribution in [3.05, 3.63) is 60.2 Å². The molecule has 0 bridgehead atoms. The summed E-state index contributed by atoms with van der Waals surface area (Å²) in [6.07, 6.45) is 0. The summed E-state index contributed by atoms with van der Waals surface area (Å²) < 4.78 is 25.5. The highest BCUT2D eigenvalue weighted by Gasteiger charge is 2.18. The third kappa shape index (κ3) is 5.51. The highest BCUT2D eigenvalue weighted by Crippen LogP contribution is 2.19. The highest BCUT2D eigenvalue weighted by molar-refractivity contribution is 7.99. The van der Waals surface area contributed by atoms with Crippen LogP contribution in [0.15, 0.2) is 59.5 Å². The van der Waals surface area contributed by atoms with Crippen molar-refractivity contribution in [1.82, 2.24) is 5.32 Å². The molecule has 0 heterocycles. The molecule has 2 rings (SSSR count). The molecule has 0 aromatic heterocycles. The van der Waals surface area contributed by atoms with Crippen molar-refractivity contribution >= 4 is 33.4 Å². The van der Waals surface area contributed by atoms with Gasteiger partial charge in [0.05, 0.1) is 11.4 Å². The lowest BCUT2D eigenvalue weighted by Gasteiger charge is -2.22. The fourth-order valence-electron chi connectivity index (χ4n) is 2.43. The van der Waals surface area contributed by atoms with Gasteiger partial charge in [-0.2, -0.15) is 0 Å². The van der Waals surface area contributed by atoms with Crippen LogP contribution in [0.2, 0.25) is 0 Å². The third-order valence-corrected chi connectivity index (χ3v) is 6.69. The molecule has 2 aromatic carbocycles. The van der Waals surface area contributed by atoms with Crippen LogP contribution in [0.25, 0.3) is 0 Å². The van der Waals surface area contributed by atoms with Gasteiger partial charge in [0.15, 0.2) is 0 Å². The van der Waals surface area contributed by atoms with Crippen LogP contribution in [-0.4, -0.2) is 38.9 Å². The Kier molecular flexibility index (Phi) is 7.53. The first-order chi connectivity index (χ1) is 12.5. The maximum Gasteiger partial charge on any atom is 0.251 e. The molecule has 0 fully saturated rings. The average Bonchev–Trinajstić information content (AvgIpc) is 2.67. The Labute approximate surface area is 159 Å². The zero-order valence-electron chi connectivity index (χ0n) is 15.0. The second-order valence-corrected chi connectivity index (χ2v) is 8.88. The molecule has 5 nitrogen and oxygen atoms in total. The van der Waals surface area contributed by atoms with Crippen molar-refractivity contribution in [1.29, 1.82) is 0 Å². The van der Waals surface area contributed by atoms with Gasteiger partial charge in [-0.3, -0.25) is 9.10 Å². The van der Waals surface area contributed by atoms with Crippen LogP contribution in [0.5, 0.6) is 0 Å². The number of rotatable bonds is 9. The molecule has 0 aliphatic heterocycles. The van der Waals surface area contributed by atoms with E-state index in [0.29, 0.717) is 24.3 Å². The van der Waals surface area contributed by atoms with Gasteiger partial charge in [0.1, 0.15) is 0 Å². The molecule has 0 radical (unpaired) electrons. The van der Waals surface area contributed by atoms with Crippen LogP contribution in [-0.2, 0) is 10.0 Å². The van der Waals surface area contributed by atoms with E-state index in [0.717, 1.165) is 5.75 Å². The lowest BCUT2D eigenvalue weighted by Crippen LogP contribution is -2.32. The van der Waals surface area contributed by atoms with E-state index < -0.39 is 10.0 Å². The molecule has 26 heavy (non-hydrogen) atoms. The molecule has 0 atom stereocenters. The quantitative estimate of drug-likeness (QED) is 0.525. The molecule has 1 N–H and O–H groups in total. The lowest BCUT2D eigenvalue weighted by molar-refractivity contribution is 0.0956. The number of sulfonamides is 1. The predicted molar refractivity (Wildman–Crippen MR) is 108 cm³/mol. The summed E-state index contributed by atoms with van der Waals surface area (Å²) >= 11 is 1.68. The predicted octanol–water partition coefficient (Wildman–Crippen LogP) is 3.38.